The summed E-state index contributed by atoms with van der Waals surface area (Å²) < 4.78 is 5.76. The maximum atomic E-state index is 5.80. The van der Waals surface area contributed by atoms with Gasteiger partial charge in [0.25, 0.3) is 0 Å². The number of nitrogens with two attached hydrogens (primary N) is 1. The van der Waals surface area contributed by atoms with Crippen molar-refractivity contribution in [2.75, 3.05) is 23.7 Å². The monoisotopic (exact) mass is 258 g/mol. The Bertz CT molecular complexity index is 591. The summed E-state index contributed by atoms with van der Waals surface area (Å²) >= 11 is 0. The largest absolute Gasteiger partial charge is 0.399 e. The quantitative estimate of drug-likeness (QED) is 0.790. The summed E-state index contributed by atoms with van der Waals surface area (Å²) in [5.41, 5.74) is 7.41. The molecule has 2 N–H and O–H groups in total. The van der Waals surface area contributed by atoms with Gasteiger partial charge in [0.05, 0.1) is 17.7 Å². The van der Waals surface area contributed by atoms with Crippen LogP contribution in [0.5, 0.6) is 0 Å². The first-order chi connectivity index (χ1) is 9.13. The number of nitrogens with zero attached hydrogens (tertiary/aromatic N) is 3. The van der Waals surface area contributed by atoms with E-state index in [4.69, 9.17) is 10.5 Å². The minimum Gasteiger partial charge on any atom is -0.399 e. The maximum Gasteiger partial charge on any atom is 0.140 e. The first-order valence-corrected chi connectivity index (χ1v) is 6.54. The zero-order chi connectivity index (χ0) is 13.4. The molecule has 5 nitrogen and oxygen atoms in total. The molecule has 1 aromatic heterocycles. The summed E-state index contributed by atoms with van der Waals surface area (Å²) in [5.74, 6) is 0.965. The van der Waals surface area contributed by atoms with Crippen LogP contribution in [0.2, 0.25) is 0 Å². The highest BCUT2D eigenvalue weighted by Crippen LogP contribution is 2.26. The van der Waals surface area contributed by atoms with Gasteiger partial charge >= 0.3 is 0 Å². The predicted molar refractivity (Wildman–Crippen MR) is 76.2 cm³/mol. The fourth-order valence-electron chi connectivity index (χ4n) is 2.66. The van der Waals surface area contributed by atoms with E-state index < -0.39 is 0 Å². The average molecular weight is 258 g/mol. The Balaban J connectivity index is 2.04. The van der Waals surface area contributed by atoms with E-state index in [2.05, 4.69) is 28.7 Å². The lowest BCUT2D eigenvalue weighted by Crippen LogP contribution is -2.45. The van der Waals surface area contributed by atoms with E-state index in [9.17, 15) is 0 Å². The smallest absolute Gasteiger partial charge is 0.140 e. The molecular weight excluding hydrogens is 240 g/mol. The van der Waals surface area contributed by atoms with Crippen molar-refractivity contribution < 1.29 is 4.74 Å². The molecule has 1 aliphatic rings. The second-order valence-corrected chi connectivity index (χ2v) is 5.14. The van der Waals surface area contributed by atoms with Crippen LogP contribution in [-0.4, -0.2) is 35.3 Å². The van der Waals surface area contributed by atoms with Crippen molar-refractivity contribution in [2.24, 2.45) is 0 Å². The lowest BCUT2D eigenvalue weighted by Gasteiger charge is -2.36. The normalized spacial score (nSPS) is 23.8. The van der Waals surface area contributed by atoms with Crippen molar-refractivity contribution in [1.29, 1.82) is 0 Å². The third kappa shape index (κ3) is 2.33. The van der Waals surface area contributed by atoms with E-state index in [1.807, 2.05) is 18.2 Å². The van der Waals surface area contributed by atoms with E-state index in [1.165, 1.54) is 0 Å². The van der Waals surface area contributed by atoms with E-state index in [-0.39, 0.29) is 12.2 Å². The molecule has 2 atom stereocenters. The van der Waals surface area contributed by atoms with Crippen molar-refractivity contribution in [1.82, 2.24) is 9.97 Å². The molecule has 1 fully saturated rings. The Morgan fingerprint density at radius 1 is 1.21 bits per heavy atom. The first-order valence-electron chi connectivity index (χ1n) is 6.54. The van der Waals surface area contributed by atoms with Gasteiger partial charge in [-0.2, -0.15) is 0 Å². The van der Waals surface area contributed by atoms with E-state index in [0.717, 1.165) is 35.5 Å². The van der Waals surface area contributed by atoms with E-state index in [1.54, 1.807) is 6.33 Å². The molecule has 5 heteroatoms. The van der Waals surface area contributed by atoms with Gasteiger partial charge in [-0.25, -0.2) is 9.97 Å². The van der Waals surface area contributed by atoms with Crippen LogP contribution in [0.25, 0.3) is 10.9 Å². The number of nitrogen functional groups attached to an aromatic ring is 1. The first kappa shape index (κ1) is 12.2. The lowest BCUT2D eigenvalue weighted by molar-refractivity contribution is -0.00537. The van der Waals surface area contributed by atoms with Gasteiger partial charge in [-0.05, 0) is 32.0 Å². The van der Waals surface area contributed by atoms with Crippen LogP contribution < -0.4 is 10.6 Å². The Hall–Kier alpha value is -1.88. The van der Waals surface area contributed by atoms with Crippen LogP contribution in [0.4, 0.5) is 11.5 Å². The Kier molecular flexibility index (Phi) is 2.98. The van der Waals surface area contributed by atoms with Crippen LogP contribution in [0, 0.1) is 0 Å². The Morgan fingerprint density at radius 3 is 2.68 bits per heavy atom. The van der Waals surface area contributed by atoms with Gasteiger partial charge in [-0.1, -0.05) is 0 Å². The number of morpholine rings is 1. The summed E-state index contributed by atoms with van der Waals surface area (Å²) in [4.78, 5) is 11.0. The van der Waals surface area contributed by atoms with Crippen molar-refractivity contribution in [3.8, 4) is 0 Å². The molecule has 2 heterocycles. The third-order valence-corrected chi connectivity index (χ3v) is 3.36. The van der Waals surface area contributed by atoms with Gasteiger partial charge < -0.3 is 15.4 Å². The van der Waals surface area contributed by atoms with Crippen molar-refractivity contribution in [3.63, 3.8) is 0 Å². The highest BCUT2D eigenvalue weighted by atomic mass is 16.5. The van der Waals surface area contributed by atoms with Gasteiger partial charge in [-0.3, -0.25) is 0 Å². The second kappa shape index (κ2) is 4.66. The summed E-state index contributed by atoms with van der Waals surface area (Å²) in [5, 5.41) is 1.04. The lowest BCUT2D eigenvalue weighted by atomic mass is 10.1. The molecule has 1 aliphatic heterocycles. The molecule has 0 unspecified atom stereocenters. The molecule has 2 aromatic rings. The van der Waals surface area contributed by atoms with Gasteiger partial charge in [0.2, 0.25) is 0 Å². The molecule has 0 saturated carbocycles. The van der Waals surface area contributed by atoms with Crippen LogP contribution in [0.3, 0.4) is 0 Å². The van der Waals surface area contributed by atoms with Crippen LogP contribution in [0.15, 0.2) is 24.5 Å². The van der Waals surface area contributed by atoms with Gasteiger partial charge in [0.15, 0.2) is 0 Å². The summed E-state index contributed by atoms with van der Waals surface area (Å²) in [6, 6.07) is 5.76. The minimum absolute atomic E-state index is 0.211. The maximum absolute atomic E-state index is 5.80. The van der Waals surface area contributed by atoms with Gasteiger partial charge in [-0.15, -0.1) is 0 Å². The topological polar surface area (TPSA) is 64.3 Å². The number of hydrogen-bond acceptors (Lipinski definition) is 5. The molecular formula is C14H18N4O. The molecule has 19 heavy (non-hydrogen) atoms. The number of ether oxygens (including phenoxy) is 1. The standard InChI is InChI=1S/C14H18N4O/c1-9-6-18(7-10(2)19-9)14-12-4-3-11(15)5-13(12)16-8-17-14/h3-5,8-10H,6-7,15H2,1-2H3/t9-,10+. The molecule has 0 amide bonds. The summed E-state index contributed by atoms with van der Waals surface area (Å²) in [7, 11) is 0. The molecule has 3 rings (SSSR count). The number of aromatic nitrogens is 2. The Labute approximate surface area is 112 Å². The van der Waals surface area contributed by atoms with Gasteiger partial charge in [0.1, 0.15) is 12.1 Å². The van der Waals surface area contributed by atoms with Crippen molar-refractivity contribution >= 4 is 22.4 Å². The van der Waals surface area contributed by atoms with Crippen molar-refractivity contribution in [2.45, 2.75) is 26.1 Å². The number of benzene rings is 1. The fraction of sp³-hybridized carbons (Fsp3) is 0.429. The molecule has 100 valence electrons. The molecule has 0 bridgehead atoms. The predicted octanol–water partition coefficient (Wildman–Crippen LogP) is 1.83. The number of anilines is 2. The van der Waals surface area contributed by atoms with Crippen molar-refractivity contribution in [3.05, 3.63) is 24.5 Å². The number of rotatable bonds is 1. The minimum atomic E-state index is 0.211. The zero-order valence-corrected chi connectivity index (χ0v) is 11.2. The van der Waals surface area contributed by atoms with E-state index >= 15 is 0 Å². The molecule has 0 aliphatic carbocycles. The van der Waals surface area contributed by atoms with Crippen LogP contribution >= 0.6 is 0 Å². The third-order valence-electron chi connectivity index (χ3n) is 3.36. The zero-order valence-electron chi connectivity index (χ0n) is 11.2. The highest BCUT2D eigenvalue weighted by molar-refractivity contribution is 5.91. The van der Waals surface area contributed by atoms with E-state index in [0.29, 0.717) is 0 Å². The fourth-order valence-corrected chi connectivity index (χ4v) is 2.66. The highest BCUT2D eigenvalue weighted by Gasteiger charge is 2.24. The average Bonchev–Trinajstić information content (AvgIpc) is 2.36. The number of fused-ring (bicyclic) bond motifs is 1. The summed E-state index contributed by atoms with van der Waals surface area (Å²) in [6.45, 7) is 5.87. The summed E-state index contributed by atoms with van der Waals surface area (Å²) in [6.07, 6.45) is 2.02. The van der Waals surface area contributed by atoms with Crippen LogP contribution in [-0.2, 0) is 4.74 Å². The molecule has 1 saturated heterocycles. The SMILES string of the molecule is C[C@@H]1CN(c2ncnc3cc(N)ccc23)C[C@H](C)O1. The van der Waals surface area contributed by atoms with Gasteiger partial charge in [0, 0.05) is 24.2 Å². The molecule has 0 radical (unpaired) electrons. The second-order valence-electron chi connectivity index (χ2n) is 5.14. The Morgan fingerprint density at radius 2 is 1.95 bits per heavy atom. The number of hydrogen-bond donors (Lipinski definition) is 1. The molecule has 1 aromatic carbocycles. The molecule has 0 spiro atoms. The van der Waals surface area contributed by atoms with Crippen LogP contribution in [0.1, 0.15) is 13.8 Å².